The Labute approximate surface area is 99.8 Å². The molecule has 2 aromatic rings. The van der Waals surface area contributed by atoms with Gasteiger partial charge in [0, 0.05) is 49.0 Å². The molecule has 1 saturated heterocycles. The lowest BCUT2D eigenvalue weighted by molar-refractivity contribution is 0.590. The number of aromatic nitrogens is 1. The van der Waals surface area contributed by atoms with Crippen molar-refractivity contribution in [2.45, 2.75) is 0 Å². The van der Waals surface area contributed by atoms with E-state index in [4.69, 9.17) is 5.26 Å². The molecule has 0 bridgehead atoms. The first kappa shape index (κ1) is 10.2. The summed E-state index contributed by atoms with van der Waals surface area (Å²) < 4.78 is 0. The molecule has 86 valence electrons. The number of rotatable bonds is 1. The molecule has 2 heterocycles. The molecule has 17 heavy (non-hydrogen) atoms. The quantitative estimate of drug-likeness (QED) is 0.773. The molecule has 0 aliphatic carbocycles. The SMILES string of the molecule is N#Cc1c[nH]c2cccc(N3CCNCC3)c12. The Morgan fingerprint density at radius 3 is 2.82 bits per heavy atom. The lowest BCUT2D eigenvalue weighted by Gasteiger charge is -2.30. The van der Waals surface area contributed by atoms with E-state index < -0.39 is 0 Å². The number of nitrogens with one attached hydrogen (secondary N) is 2. The van der Waals surface area contributed by atoms with Gasteiger partial charge in [-0.3, -0.25) is 0 Å². The van der Waals surface area contributed by atoms with E-state index in [0.717, 1.165) is 42.6 Å². The first-order valence-electron chi connectivity index (χ1n) is 5.86. The van der Waals surface area contributed by atoms with Crippen LogP contribution in [0.15, 0.2) is 24.4 Å². The van der Waals surface area contributed by atoms with Gasteiger partial charge in [0.1, 0.15) is 6.07 Å². The highest BCUT2D eigenvalue weighted by atomic mass is 15.2. The molecule has 3 rings (SSSR count). The standard InChI is InChI=1S/C13H14N4/c14-8-10-9-16-11-2-1-3-12(13(10)11)17-6-4-15-5-7-17/h1-3,9,15-16H,4-7H2. The number of hydrogen-bond acceptors (Lipinski definition) is 3. The summed E-state index contributed by atoms with van der Waals surface area (Å²) in [4.78, 5) is 5.49. The molecule has 0 spiro atoms. The second-order valence-corrected chi connectivity index (χ2v) is 4.25. The maximum Gasteiger partial charge on any atom is 0.101 e. The zero-order valence-electron chi connectivity index (χ0n) is 9.53. The van der Waals surface area contributed by atoms with Crippen LogP contribution < -0.4 is 10.2 Å². The van der Waals surface area contributed by atoms with E-state index >= 15 is 0 Å². The van der Waals surface area contributed by atoms with Crippen molar-refractivity contribution in [3.05, 3.63) is 30.0 Å². The maximum atomic E-state index is 9.15. The van der Waals surface area contributed by atoms with Crippen molar-refractivity contribution in [2.24, 2.45) is 0 Å². The Kier molecular flexibility index (Phi) is 2.46. The first-order valence-corrected chi connectivity index (χ1v) is 5.86. The van der Waals surface area contributed by atoms with Gasteiger partial charge in [-0.25, -0.2) is 0 Å². The zero-order valence-corrected chi connectivity index (χ0v) is 9.53. The van der Waals surface area contributed by atoms with Crippen LogP contribution in [0.4, 0.5) is 5.69 Å². The summed E-state index contributed by atoms with van der Waals surface area (Å²) in [6.45, 7) is 4.00. The summed E-state index contributed by atoms with van der Waals surface area (Å²) in [5.74, 6) is 0. The van der Waals surface area contributed by atoms with Crippen LogP contribution in [0.3, 0.4) is 0 Å². The van der Waals surface area contributed by atoms with Crippen molar-refractivity contribution in [1.82, 2.24) is 10.3 Å². The minimum atomic E-state index is 0.731. The largest absolute Gasteiger partial charge is 0.368 e. The monoisotopic (exact) mass is 226 g/mol. The smallest absolute Gasteiger partial charge is 0.101 e. The van der Waals surface area contributed by atoms with Crippen LogP contribution in [0, 0.1) is 11.3 Å². The van der Waals surface area contributed by atoms with Gasteiger partial charge in [0.15, 0.2) is 0 Å². The van der Waals surface area contributed by atoms with Crippen LogP contribution in [0.25, 0.3) is 10.9 Å². The Bertz CT molecular complexity index is 573. The van der Waals surface area contributed by atoms with Gasteiger partial charge in [0.2, 0.25) is 0 Å². The van der Waals surface area contributed by atoms with Gasteiger partial charge in [-0.15, -0.1) is 0 Å². The maximum absolute atomic E-state index is 9.15. The van der Waals surface area contributed by atoms with Crippen LogP contribution in [0.1, 0.15) is 5.56 Å². The number of anilines is 1. The molecule has 1 fully saturated rings. The minimum absolute atomic E-state index is 0.731. The minimum Gasteiger partial charge on any atom is -0.368 e. The Morgan fingerprint density at radius 2 is 2.06 bits per heavy atom. The van der Waals surface area contributed by atoms with Crippen LogP contribution in [0.2, 0.25) is 0 Å². The lowest BCUT2D eigenvalue weighted by Crippen LogP contribution is -2.43. The molecule has 1 aliphatic heterocycles. The fourth-order valence-electron chi connectivity index (χ4n) is 2.42. The van der Waals surface area contributed by atoms with Gasteiger partial charge in [-0.1, -0.05) is 6.07 Å². The summed E-state index contributed by atoms with van der Waals surface area (Å²) in [7, 11) is 0. The molecule has 0 saturated carbocycles. The number of H-pyrrole nitrogens is 1. The van der Waals surface area contributed by atoms with E-state index in [9.17, 15) is 0 Å². The summed E-state index contributed by atoms with van der Waals surface area (Å²) in [6.07, 6.45) is 1.79. The number of nitriles is 1. The molecule has 0 amide bonds. The molecule has 1 aliphatic rings. The number of hydrogen-bond donors (Lipinski definition) is 2. The van der Waals surface area contributed by atoms with Crippen LogP contribution in [-0.2, 0) is 0 Å². The fraction of sp³-hybridized carbons (Fsp3) is 0.308. The van der Waals surface area contributed by atoms with Gasteiger partial charge in [0.25, 0.3) is 0 Å². The Hall–Kier alpha value is -1.99. The van der Waals surface area contributed by atoms with Crippen LogP contribution in [-0.4, -0.2) is 31.2 Å². The summed E-state index contributed by atoms with van der Waals surface area (Å²) >= 11 is 0. The molecular formula is C13H14N4. The summed E-state index contributed by atoms with van der Waals surface area (Å²) in [5.41, 5.74) is 2.94. The third kappa shape index (κ3) is 1.65. The average Bonchev–Trinajstić information content (AvgIpc) is 2.82. The lowest BCUT2D eigenvalue weighted by atomic mass is 10.1. The molecule has 0 unspecified atom stereocenters. The average molecular weight is 226 g/mol. The van der Waals surface area contributed by atoms with E-state index in [-0.39, 0.29) is 0 Å². The highest BCUT2D eigenvalue weighted by Gasteiger charge is 2.15. The van der Waals surface area contributed by atoms with Gasteiger partial charge in [-0.05, 0) is 12.1 Å². The van der Waals surface area contributed by atoms with Crippen molar-refractivity contribution < 1.29 is 0 Å². The van der Waals surface area contributed by atoms with Crippen molar-refractivity contribution in [3.8, 4) is 6.07 Å². The number of piperazine rings is 1. The normalized spacial score (nSPS) is 16.1. The van der Waals surface area contributed by atoms with Gasteiger partial charge < -0.3 is 15.2 Å². The third-order valence-electron chi connectivity index (χ3n) is 3.26. The fourth-order valence-corrected chi connectivity index (χ4v) is 2.42. The van der Waals surface area contributed by atoms with Crippen LogP contribution >= 0.6 is 0 Å². The topological polar surface area (TPSA) is 54.9 Å². The van der Waals surface area contributed by atoms with Gasteiger partial charge in [-0.2, -0.15) is 5.26 Å². The van der Waals surface area contributed by atoms with Crippen molar-refractivity contribution in [3.63, 3.8) is 0 Å². The molecule has 4 nitrogen and oxygen atoms in total. The first-order chi connectivity index (χ1) is 8.40. The van der Waals surface area contributed by atoms with E-state index in [1.165, 1.54) is 5.69 Å². The van der Waals surface area contributed by atoms with Crippen molar-refractivity contribution in [1.29, 1.82) is 5.26 Å². The van der Waals surface area contributed by atoms with Crippen LogP contribution in [0.5, 0.6) is 0 Å². The molecule has 4 heteroatoms. The second kappa shape index (κ2) is 4.11. The summed E-state index contributed by atoms with van der Waals surface area (Å²) in [5, 5.41) is 13.5. The Morgan fingerprint density at radius 1 is 1.24 bits per heavy atom. The van der Waals surface area contributed by atoms with E-state index in [1.807, 2.05) is 12.1 Å². The number of fused-ring (bicyclic) bond motifs is 1. The molecule has 2 N–H and O–H groups in total. The molecular weight excluding hydrogens is 212 g/mol. The summed E-state index contributed by atoms with van der Waals surface area (Å²) in [6, 6.07) is 8.41. The van der Waals surface area contributed by atoms with Gasteiger partial charge >= 0.3 is 0 Å². The Balaban J connectivity index is 2.14. The molecule has 0 atom stereocenters. The van der Waals surface area contributed by atoms with E-state index in [0.29, 0.717) is 0 Å². The van der Waals surface area contributed by atoms with E-state index in [2.05, 4.69) is 27.3 Å². The highest BCUT2D eigenvalue weighted by Crippen LogP contribution is 2.29. The zero-order chi connectivity index (χ0) is 11.7. The van der Waals surface area contributed by atoms with Crippen molar-refractivity contribution in [2.75, 3.05) is 31.1 Å². The van der Waals surface area contributed by atoms with Gasteiger partial charge in [0.05, 0.1) is 5.56 Å². The predicted octanol–water partition coefficient (Wildman–Crippen LogP) is 1.45. The number of benzene rings is 1. The van der Waals surface area contributed by atoms with E-state index in [1.54, 1.807) is 6.20 Å². The number of aromatic amines is 1. The second-order valence-electron chi connectivity index (χ2n) is 4.25. The predicted molar refractivity (Wildman–Crippen MR) is 68.1 cm³/mol. The van der Waals surface area contributed by atoms with Crippen molar-refractivity contribution >= 4 is 16.6 Å². The highest BCUT2D eigenvalue weighted by molar-refractivity contribution is 5.97. The molecule has 1 aromatic carbocycles. The number of nitrogens with zero attached hydrogens (tertiary/aromatic N) is 2. The molecule has 0 radical (unpaired) electrons. The third-order valence-corrected chi connectivity index (χ3v) is 3.26. The molecule has 1 aromatic heterocycles.